The van der Waals surface area contributed by atoms with E-state index in [-0.39, 0.29) is 40.1 Å². The molecule has 0 radical (unpaired) electrons. The van der Waals surface area contributed by atoms with Crippen LogP contribution in [-0.4, -0.2) is 45.6 Å². The maximum absolute atomic E-state index is 12.7. The van der Waals surface area contributed by atoms with E-state index in [9.17, 15) is 24.9 Å². The van der Waals surface area contributed by atoms with Gasteiger partial charge in [-0.25, -0.2) is 4.79 Å². The quantitative estimate of drug-likeness (QED) is 0.252. The number of carboxylic acids is 1. The molecule has 214 valence electrons. The van der Waals surface area contributed by atoms with E-state index >= 15 is 0 Å². The third kappa shape index (κ3) is 4.52. The van der Waals surface area contributed by atoms with Gasteiger partial charge in [0.1, 0.15) is 6.10 Å². The van der Waals surface area contributed by atoms with Gasteiger partial charge in [-0.15, -0.1) is 0 Å². The van der Waals surface area contributed by atoms with Gasteiger partial charge in [-0.3, -0.25) is 4.79 Å². The molecule has 4 saturated carbocycles. The fourth-order valence-corrected chi connectivity index (χ4v) is 9.97. The van der Waals surface area contributed by atoms with Crippen LogP contribution in [0.4, 0.5) is 0 Å². The summed E-state index contributed by atoms with van der Waals surface area (Å²) in [6, 6.07) is 0. The van der Waals surface area contributed by atoms with E-state index in [0.717, 1.165) is 35.7 Å². The summed E-state index contributed by atoms with van der Waals surface area (Å²) in [4.78, 5) is 25.0. The van der Waals surface area contributed by atoms with E-state index in [1.165, 1.54) is 6.92 Å². The predicted octanol–water partition coefficient (Wildman–Crippen LogP) is 6.39. The van der Waals surface area contributed by atoms with Crippen molar-refractivity contribution in [3.05, 3.63) is 21.2 Å². The Labute approximate surface area is 236 Å². The van der Waals surface area contributed by atoms with Gasteiger partial charge in [0, 0.05) is 12.5 Å². The van der Waals surface area contributed by atoms with Gasteiger partial charge in [-0.05, 0) is 115 Å². The zero-order chi connectivity index (χ0) is 28.4. The molecule has 0 aliphatic heterocycles. The lowest BCUT2D eigenvalue weighted by Crippen LogP contribution is -2.65. The SMILES string of the molecule is CC(=O)O[C@H]1C[C@@]2(C)[C@@H](C[C@@H](O)C3[C@]2(C)CC[C@H]2[C@H](C)[C@H](O)CC[C@]32C)/C1=C(/CCC(Br)=C(C)C)C(=O)O. The standard InChI is InChI=1S/C31H47BrO6/c1-16(2)22(32)9-8-19(28(36)37)26-21-14-24(35)27-29(5)12-11-23(34)17(3)20(29)10-13-30(27,6)31(21,7)15-25(26)38-18(4)33/h17,20-21,23-25,27,34-35H,8-15H2,1-7H3,(H,36,37)/b26-19+/t17-,20-,21-,23+,24+,25-,27?,29-,30-,31-/m0/s1. The number of carbonyl (C=O) groups is 2. The van der Waals surface area contributed by atoms with Crippen LogP contribution in [-0.2, 0) is 14.3 Å². The van der Waals surface area contributed by atoms with Crippen molar-refractivity contribution in [2.45, 2.75) is 118 Å². The van der Waals surface area contributed by atoms with E-state index in [4.69, 9.17) is 4.74 Å². The molecule has 0 amide bonds. The predicted molar refractivity (Wildman–Crippen MR) is 150 cm³/mol. The highest BCUT2D eigenvalue weighted by Crippen LogP contribution is 2.74. The Bertz CT molecular complexity index is 1040. The molecule has 4 aliphatic rings. The van der Waals surface area contributed by atoms with E-state index in [2.05, 4.69) is 43.6 Å². The lowest BCUT2D eigenvalue weighted by molar-refractivity contribution is -0.234. The number of allylic oxidation sites excluding steroid dienone is 2. The van der Waals surface area contributed by atoms with Crippen molar-refractivity contribution in [3.8, 4) is 0 Å². The number of halogens is 1. The van der Waals surface area contributed by atoms with Gasteiger partial charge < -0.3 is 20.1 Å². The third-order valence-electron chi connectivity index (χ3n) is 11.8. The Morgan fingerprint density at radius 3 is 2.24 bits per heavy atom. The Hall–Kier alpha value is -1.18. The van der Waals surface area contributed by atoms with Crippen molar-refractivity contribution in [1.82, 2.24) is 0 Å². The number of aliphatic hydroxyl groups is 2. The second kappa shape index (κ2) is 10.3. The Morgan fingerprint density at radius 1 is 1.00 bits per heavy atom. The monoisotopic (exact) mass is 594 g/mol. The molecule has 3 N–H and O–H groups in total. The van der Waals surface area contributed by atoms with Gasteiger partial charge in [-0.1, -0.05) is 49.2 Å². The van der Waals surface area contributed by atoms with Crippen LogP contribution in [0.25, 0.3) is 0 Å². The number of aliphatic carboxylic acids is 1. The first-order valence-electron chi connectivity index (χ1n) is 14.4. The number of aliphatic hydroxyl groups excluding tert-OH is 2. The molecule has 0 aromatic carbocycles. The number of fused-ring (bicyclic) bond motifs is 5. The van der Waals surface area contributed by atoms with Crippen molar-refractivity contribution in [2.24, 2.45) is 39.9 Å². The van der Waals surface area contributed by atoms with Crippen molar-refractivity contribution in [2.75, 3.05) is 0 Å². The molecule has 4 aliphatic carbocycles. The van der Waals surface area contributed by atoms with Gasteiger partial charge >= 0.3 is 11.9 Å². The Morgan fingerprint density at radius 2 is 1.66 bits per heavy atom. The van der Waals surface area contributed by atoms with Crippen molar-refractivity contribution in [3.63, 3.8) is 0 Å². The minimum absolute atomic E-state index is 0.0374. The Kier molecular flexibility index (Phi) is 8.10. The number of ether oxygens (including phenoxy) is 1. The average molecular weight is 596 g/mol. The third-order valence-corrected chi connectivity index (χ3v) is 12.9. The molecule has 10 atom stereocenters. The molecule has 4 fully saturated rings. The fourth-order valence-electron chi connectivity index (χ4n) is 9.77. The largest absolute Gasteiger partial charge is 0.478 e. The molecule has 7 heteroatoms. The summed E-state index contributed by atoms with van der Waals surface area (Å²) >= 11 is 3.60. The number of carbonyl (C=O) groups excluding carboxylic acids is 1. The highest BCUT2D eigenvalue weighted by Gasteiger charge is 2.70. The summed E-state index contributed by atoms with van der Waals surface area (Å²) in [7, 11) is 0. The Balaban J connectivity index is 1.83. The molecule has 38 heavy (non-hydrogen) atoms. The molecule has 0 heterocycles. The van der Waals surface area contributed by atoms with Gasteiger partial charge in [-0.2, -0.15) is 0 Å². The first-order valence-corrected chi connectivity index (χ1v) is 15.2. The van der Waals surface area contributed by atoms with E-state index in [1.807, 2.05) is 13.8 Å². The summed E-state index contributed by atoms with van der Waals surface area (Å²) in [5.41, 5.74) is 1.45. The fraction of sp³-hybridized carbons (Fsp3) is 0.806. The molecule has 0 aromatic heterocycles. The first kappa shape index (κ1) is 29.8. The van der Waals surface area contributed by atoms with Gasteiger partial charge in [0.2, 0.25) is 0 Å². The van der Waals surface area contributed by atoms with E-state index in [1.54, 1.807) is 0 Å². The molecule has 0 aromatic rings. The van der Waals surface area contributed by atoms with Crippen LogP contribution in [0.2, 0.25) is 0 Å². The molecule has 0 bridgehead atoms. The van der Waals surface area contributed by atoms with Gasteiger partial charge in [0.25, 0.3) is 0 Å². The van der Waals surface area contributed by atoms with Crippen LogP contribution in [0.1, 0.15) is 99.8 Å². The number of rotatable bonds is 5. The topological polar surface area (TPSA) is 104 Å². The summed E-state index contributed by atoms with van der Waals surface area (Å²) in [5, 5.41) is 33.0. The van der Waals surface area contributed by atoms with Crippen LogP contribution in [0, 0.1) is 39.9 Å². The first-order chi connectivity index (χ1) is 17.6. The van der Waals surface area contributed by atoms with Gasteiger partial charge in [0.05, 0.1) is 12.2 Å². The maximum atomic E-state index is 12.7. The summed E-state index contributed by atoms with van der Waals surface area (Å²) < 4.78 is 6.87. The summed E-state index contributed by atoms with van der Waals surface area (Å²) in [5.74, 6) is -0.977. The number of esters is 1. The summed E-state index contributed by atoms with van der Waals surface area (Å²) in [6.07, 6.45) is 3.99. The van der Waals surface area contributed by atoms with Crippen LogP contribution in [0.5, 0.6) is 0 Å². The molecule has 1 unspecified atom stereocenters. The van der Waals surface area contributed by atoms with Crippen LogP contribution >= 0.6 is 15.9 Å². The van der Waals surface area contributed by atoms with Crippen molar-refractivity contribution >= 4 is 27.9 Å². The van der Waals surface area contributed by atoms with Crippen LogP contribution in [0.3, 0.4) is 0 Å². The van der Waals surface area contributed by atoms with Crippen molar-refractivity contribution < 1.29 is 29.6 Å². The molecule has 4 rings (SSSR count). The second-order valence-electron chi connectivity index (χ2n) is 13.7. The smallest absolute Gasteiger partial charge is 0.331 e. The van der Waals surface area contributed by atoms with Crippen LogP contribution in [0.15, 0.2) is 21.2 Å². The highest BCUT2D eigenvalue weighted by atomic mass is 79.9. The highest BCUT2D eigenvalue weighted by molar-refractivity contribution is 9.11. The molecular weight excluding hydrogens is 548 g/mol. The number of carboxylic acid groups (broad SMARTS) is 1. The van der Waals surface area contributed by atoms with Crippen molar-refractivity contribution in [1.29, 1.82) is 0 Å². The van der Waals surface area contributed by atoms with Gasteiger partial charge in [0.15, 0.2) is 0 Å². The molecule has 0 saturated heterocycles. The normalized spacial score (nSPS) is 45.4. The minimum Gasteiger partial charge on any atom is -0.478 e. The van der Waals surface area contributed by atoms with E-state index < -0.39 is 24.1 Å². The summed E-state index contributed by atoms with van der Waals surface area (Å²) in [6.45, 7) is 14.4. The lowest BCUT2D eigenvalue weighted by atomic mass is 9.36. The van der Waals surface area contributed by atoms with Crippen LogP contribution < -0.4 is 0 Å². The minimum atomic E-state index is -0.969. The number of hydrogen-bond donors (Lipinski definition) is 3. The molecule has 0 spiro atoms. The zero-order valence-electron chi connectivity index (χ0n) is 24.1. The molecular formula is C31H47BrO6. The lowest BCUT2D eigenvalue weighted by Gasteiger charge is -2.69. The average Bonchev–Trinajstić information content (AvgIpc) is 3.08. The zero-order valence-corrected chi connectivity index (χ0v) is 25.7. The molecule has 6 nitrogen and oxygen atoms in total. The number of hydrogen-bond acceptors (Lipinski definition) is 5. The maximum Gasteiger partial charge on any atom is 0.331 e. The van der Waals surface area contributed by atoms with E-state index in [0.29, 0.717) is 42.7 Å². The second-order valence-corrected chi connectivity index (χ2v) is 14.7.